The van der Waals surface area contributed by atoms with Gasteiger partial charge in [0.2, 0.25) is 0 Å². The van der Waals surface area contributed by atoms with Crippen LogP contribution in [0.5, 0.6) is 0 Å². The van der Waals surface area contributed by atoms with E-state index < -0.39 is 0 Å². The van der Waals surface area contributed by atoms with E-state index >= 15 is 0 Å². The van der Waals surface area contributed by atoms with Crippen molar-refractivity contribution in [2.45, 2.75) is 13.3 Å². The first-order valence-corrected chi connectivity index (χ1v) is 6.38. The van der Waals surface area contributed by atoms with Gasteiger partial charge in [-0.2, -0.15) is 11.8 Å². The molecule has 0 aliphatic carbocycles. The first-order chi connectivity index (χ1) is 6.70. The van der Waals surface area contributed by atoms with E-state index in [1.165, 1.54) is 11.5 Å². The van der Waals surface area contributed by atoms with Crippen LogP contribution in [-0.4, -0.2) is 49.3 Å². The van der Waals surface area contributed by atoms with Gasteiger partial charge in [0.15, 0.2) is 0 Å². The highest BCUT2D eigenvalue weighted by molar-refractivity contribution is 7.98. The van der Waals surface area contributed by atoms with Crippen LogP contribution in [-0.2, 0) is 0 Å². The maximum atomic E-state index is 4.46. The highest BCUT2D eigenvalue weighted by Crippen LogP contribution is 1.94. The molecule has 0 aromatic heterocycles. The van der Waals surface area contributed by atoms with Gasteiger partial charge < -0.3 is 4.90 Å². The molecule has 0 rings (SSSR count). The largest absolute Gasteiger partial charge is 0.300 e. The second-order valence-corrected chi connectivity index (χ2v) is 4.41. The summed E-state index contributed by atoms with van der Waals surface area (Å²) in [6.45, 7) is 8.77. The van der Waals surface area contributed by atoms with Crippen LogP contribution in [0.2, 0.25) is 0 Å². The average Bonchev–Trinajstić information content (AvgIpc) is 2.15. The predicted molar refractivity (Wildman–Crippen MR) is 68.7 cm³/mol. The lowest BCUT2D eigenvalue weighted by atomic mass is 10.3. The van der Waals surface area contributed by atoms with Gasteiger partial charge >= 0.3 is 0 Å². The van der Waals surface area contributed by atoms with Gasteiger partial charge in [-0.25, -0.2) is 0 Å². The summed E-state index contributed by atoms with van der Waals surface area (Å²) in [4.78, 5) is 6.77. The summed E-state index contributed by atoms with van der Waals surface area (Å²) < 4.78 is 0. The fourth-order valence-corrected chi connectivity index (χ4v) is 1.61. The van der Waals surface area contributed by atoms with Gasteiger partial charge in [0.25, 0.3) is 0 Å². The first kappa shape index (κ1) is 13.7. The second-order valence-electron chi connectivity index (χ2n) is 3.42. The molecule has 0 radical (unpaired) electrons. The van der Waals surface area contributed by atoms with Crippen molar-refractivity contribution in [2.24, 2.45) is 4.99 Å². The quantitative estimate of drug-likeness (QED) is 0.350. The zero-order valence-electron chi connectivity index (χ0n) is 9.62. The van der Waals surface area contributed by atoms with E-state index in [1.807, 2.05) is 17.8 Å². The van der Waals surface area contributed by atoms with Crippen molar-refractivity contribution in [3.8, 4) is 0 Å². The van der Waals surface area contributed by atoms with Crippen LogP contribution >= 0.6 is 11.8 Å². The summed E-state index contributed by atoms with van der Waals surface area (Å²) in [5, 5.41) is 0. The Hall–Kier alpha value is -0.280. The molecule has 3 heteroatoms. The first-order valence-electron chi connectivity index (χ1n) is 4.99. The molecule has 0 N–H and O–H groups in total. The molecule has 2 nitrogen and oxygen atoms in total. The van der Waals surface area contributed by atoms with Crippen LogP contribution in [0.25, 0.3) is 0 Å². The van der Waals surface area contributed by atoms with E-state index in [9.17, 15) is 0 Å². The highest BCUT2D eigenvalue weighted by atomic mass is 32.2. The molecule has 0 aromatic carbocycles. The Morgan fingerprint density at radius 2 is 2.29 bits per heavy atom. The number of nitrogens with zero attached hydrogens (tertiary/aromatic N) is 2. The summed E-state index contributed by atoms with van der Waals surface area (Å²) in [6.07, 6.45) is 5.03. The molecule has 0 aliphatic heterocycles. The van der Waals surface area contributed by atoms with Gasteiger partial charge in [-0.15, -0.1) is 6.58 Å². The Bertz CT molecular complexity index is 178. The molecule has 0 saturated carbocycles. The topological polar surface area (TPSA) is 15.6 Å². The van der Waals surface area contributed by atoms with E-state index in [0.29, 0.717) is 0 Å². The van der Waals surface area contributed by atoms with Gasteiger partial charge in [0.05, 0.1) is 0 Å². The van der Waals surface area contributed by atoms with Gasteiger partial charge in [-0.3, -0.25) is 4.99 Å². The smallest absolute Gasteiger partial charge is 0.0423 e. The number of hydrogen-bond acceptors (Lipinski definition) is 3. The third-order valence-corrected chi connectivity index (χ3v) is 2.48. The van der Waals surface area contributed by atoms with Crippen molar-refractivity contribution in [1.29, 1.82) is 0 Å². The SMILES string of the molecule is C=CCC/N=C(\C)CN(C)CCSC. The Balaban J connectivity index is 3.62. The monoisotopic (exact) mass is 214 g/mol. The number of thioether (sulfide) groups is 1. The van der Waals surface area contributed by atoms with E-state index in [1.54, 1.807) is 0 Å². The zero-order chi connectivity index (χ0) is 10.8. The molecule has 0 spiro atoms. The van der Waals surface area contributed by atoms with E-state index in [0.717, 1.165) is 26.1 Å². The molecule has 0 aromatic rings. The Morgan fingerprint density at radius 3 is 2.86 bits per heavy atom. The summed E-state index contributed by atoms with van der Waals surface area (Å²) in [5.74, 6) is 1.19. The molecule has 0 fully saturated rings. The summed E-state index contributed by atoms with van der Waals surface area (Å²) in [7, 11) is 2.14. The average molecular weight is 214 g/mol. The van der Waals surface area contributed by atoms with Crippen molar-refractivity contribution in [1.82, 2.24) is 4.90 Å². The Morgan fingerprint density at radius 1 is 1.57 bits per heavy atom. The van der Waals surface area contributed by atoms with Crippen LogP contribution < -0.4 is 0 Å². The van der Waals surface area contributed by atoms with Gasteiger partial charge in [0.1, 0.15) is 0 Å². The zero-order valence-corrected chi connectivity index (χ0v) is 10.4. The van der Waals surface area contributed by atoms with Crippen molar-refractivity contribution >= 4 is 17.5 Å². The number of rotatable bonds is 8. The predicted octanol–water partition coefficient (Wildman–Crippen LogP) is 2.32. The van der Waals surface area contributed by atoms with Crippen LogP contribution in [0, 0.1) is 0 Å². The molecule has 0 atom stereocenters. The molecular weight excluding hydrogens is 192 g/mol. The molecule has 0 aliphatic rings. The van der Waals surface area contributed by atoms with E-state index in [4.69, 9.17) is 0 Å². The van der Waals surface area contributed by atoms with Gasteiger partial charge in [-0.1, -0.05) is 6.08 Å². The Labute approximate surface area is 92.5 Å². The minimum Gasteiger partial charge on any atom is -0.300 e. The van der Waals surface area contributed by atoms with Crippen LogP contribution in [0.15, 0.2) is 17.6 Å². The molecule has 0 saturated heterocycles. The Kier molecular flexibility index (Phi) is 9.10. The van der Waals surface area contributed by atoms with Crippen molar-refractivity contribution < 1.29 is 0 Å². The summed E-state index contributed by atoms with van der Waals surface area (Å²) >= 11 is 1.88. The standard InChI is InChI=1S/C11H22N2S/c1-5-6-7-12-11(2)10-13(3)8-9-14-4/h5H,1,6-10H2,2-4H3/b12-11+. The van der Waals surface area contributed by atoms with Crippen LogP contribution in [0.3, 0.4) is 0 Å². The van der Waals surface area contributed by atoms with Crippen LogP contribution in [0.1, 0.15) is 13.3 Å². The second kappa shape index (κ2) is 9.28. The lowest BCUT2D eigenvalue weighted by Crippen LogP contribution is -2.26. The minimum absolute atomic E-state index is 0.881. The number of aliphatic imine (C=N–C) groups is 1. The molecule has 0 unspecified atom stereocenters. The van der Waals surface area contributed by atoms with Crippen LogP contribution in [0.4, 0.5) is 0 Å². The van der Waals surface area contributed by atoms with Crippen molar-refractivity contribution in [3.63, 3.8) is 0 Å². The summed E-state index contributed by atoms with van der Waals surface area (Å²) in [5.41, 5.74) is 1.22. The maximum absolute atomic E-state index is 4.46. The normalized spacial score (nSPS) is 12.1. The minimum atomic E-state index is 0.881. The van der Waals surface area contributed by atoms with Gasteiger partial charge in [-0.05, 0) is 26.6 Å². The molecule has 0 bridgehead atoms. The highest BCUT2D eigenvalue weighted by Gasteiger charge is 1.98. The fourth-order valence-electron chi connectivity index (χ4n) is 1.11. The fraction of sp³-hybridized carbons (Fsp3) is 0.727. The molecular formula is C11H22N2S. The third kappa shape index (κ3) is 8.32. The van der Waals surface area contributed by atoms with E-state index in [-0.39, 0.29) is 0 Å². The number of hydrogen-bond donors (Lipinski definition) is 0. The van der Waals surface area contributed by atoms with Gasteiger partial charge in [0, 0.05) is 31.1 Å². The third-order valence-electron chi connectivity index (χ3n) is 1.89. The van der Waals surface area contributed by atoms with Crippen molar-refractivity contribution in [3.05, 3.63) is 12.7 Å². The van der Waals surface area contributed by atoms with E-state index in [2.05, 4.69) is 36.7 Å². The molecule has 82 valence electrons. The summed E-state index contributed by atoms with van der Waals surface area (Å²) in [6, 6.07) is 0. The molecule has 14 heavy (non-hydrogen) atoms. The maximum Gasteiger partial charge on any atom is 0.0423 e. The molecule has 0 amide bonds. The lowest BCUT2D eigenvalue weighted by Gasteiger charge is -2.15. The molecule has 0 heterocycles. The lowest BCUT2D eigenvalue weighted by molar-refractivity contribution is 0.406. The van der Waals surface area contributed by atoms with Crippen molar-refractivity contribution in [2.75, 3.05) is 38.7 Å².